The topological polar surface area (TPSA) is 33.0 Å². The minimum absolute atomic E-state index is 0.0725. The lowest BCUT2D eigenvalue weighted by molar-refractivity contribution is -0.684. The Morgan fingerprint density at radius 2 is 1.71 bits per heavy atom. The first-order valence-electron chi connectivity index (χ1n) is 9.02. The Labute approximate surface area is 145 Å². The van der Waals surface area contributed by atoms with E-state index in [1.54, 1.807) is 0 Å². The Balaban J connectivity index is 1.72. The molecule has 2 aromatic rings. The lowest BCUT2D eigenvalue weighted by atomic mass is 9.95. The van der Waals surface area contributed by atoms with Gasteiger partial charge >= 0.3 is 0 Å². The minimum atomic E-state index is 0.0725. The van der Waals surface area contributed by atoms with E-state index >= 15 is 0 Å². The molecule has 1 heterocycles. The van der Waals surface area contributed by atoms with Crippen LogP contribution in [-0.2, 0) is 17.8 Å². The Hall–Kier alpha value is -2.16. The Morgan fingerprint density at radius 3 is 2.33 bits per heavy atom. The molecule has 0 saturated heterocycles. The van der Waals surface area contributed by atoms with Crippen molar-refractivity contribution >= 4 is 5.91 Å². The summed E-state index contributed by atoms with van der Waals surface area (Å²) in [5.41, 5.74) is 2.68. The maximum atomic E-state index is 12.0. The van der Waals surface area contributed by atoms with Gasteiger partial charge < -0.3 is 5.32 Å². The van der Waals surface area contributed by atoms with Crippen molar-refractivity contribution in [3.8, 4) is 0 Å². The number of amides is 1. The molecular weight excluding hydrogens is 296 g/mol. The van der Waals surface area contributed by atoms with Crippen LogP contribution in [0.4, 0.5) is 0 Å². The molecule has 128 valence electrons. The van der Waals surface area contributed by atoms with Crippen molar-refractivity contribution in [2.24, 2.45) is 0 Å². The Kier molecular flexibility index (Phi) is 7.47. The number of pyridine rings is 1. The second-order valence-corrected chi connectivity index (χ2v) is 6.26. The first-order chi connectivity index (χ1) is 11.7. The van der Waals surface area contributed by atoms with Crippen LogP contribution in [0.3, 0.4) is 0 Å². The number of nitrogens with one attached hydrogen (secondary N) is 1. The van der Waals surface area contributed by atoms with Gasteiger partial charge in [0.05, 0.1) is 0 Å². The van der Waals surface area contributed by atoms with Crippen LogP contribution in [0.25, 0.3) is 0 Å². The van der Waals surface area contributed by atoms with E-state index in [0.29, 0.717) is 12.5 Å². The number of carbonyl (C=O) groups is 1. The van der Waals surface area contributed by atoms with Crippen LogP contribution in [0.15, 0.2) is 54.9 Å². The number of carbonyl (C=O) groups excluding carboxylic acids is 1. The van der Waals surface area contributed by atoms with E-state index in [4.69, 9.17) is 0 Å². The summed E-state index contributed by atoms with van der Waals surface area (Å²) < 4.78 is 1.94. The predicted octanol–water partition coefficient (Wildman–Crippen LogP) is 3.63. The monoisotopic (exact) mass is 325 g/mol. The predicted molar refractivity (Wildman–Crippen MR) is 97.7 cm³/mol. The molecule has 1 amide bonds. The Bertz CT molecular complexity index is 603. The zero-order valence-electron chi connectivity index (χ0n) is 14.9. The van der Waals surface area contributed by atoms with Crippen LogP contribution < -0.4 is 9.88 Å². The van der Waals surface area contributed by atoms with Crippen molar-refractivity contribution in [3.05, 3.63) is 66.0 Å². The van der Waals surface area contributed by atoms with Crippen molar-refractivity contribution in [2.45, 2.75) is 52.0 Å². The summed E-state index contributed by atoms with van der Waals surface area (Å²) in [4.78, 5) is 12.0. The number of benzene rings is 1. The van der Waals surface area contributed by atoms with Crippen LogP contribution >= 0.6 is 0 Å². The molecule has 0 saturated carbocycles. The van der Waals surface area contributed by atoms with Gasteiger partial charge in [-0.2, -0.15) is 4.57 Å². The molecule has 0 aliphatic carbocycles. The number of hydrogen-bond donors (Lipinski definition) is 1. The average molecular weight is 325 g/mol. The quantitative estimate of drug-likeness (QED) is 0.554. The molecule has 0 radical (unpaired) electrons. The lowest BCUT2D eigenvalue weighted by Gasteiger charge is -2.11. The number of aromatic nitrogens is 1. The molecule has 3 heteroatoms. The van der Waals surface area contributed by atoms with Gasteiger partial charge in [0.1, 0.15) is 0 Å². The summed E-state index contributed by atoms with van der Waals surface area (Å²) >= 11 is 0. The molecule has 0 unspecified atom stereocenters. The number of rotatable bonds is 9. The third-order valence-electron chi connectivity index (χ3n) is 4.51. The fraction of sp³-hybridized carbons (Fsp3) is 0.429. The summed E-state index contributed by atoms with van der Waals surface area (Å²) in [5, 5.41) is 3.00. The van der Waals surface area contributed by atoms with Crippen molar-refractivity contribution in [2.75, 3.05) is 6.54 Å². The van der Waals surface area contributed by atoms with Crippen molar-refractivity contribution in [1.29, 1.82) is 0 Å². The van der Waals surface area contributed by atoms with E-state index < -0.39 is 0 Å². The second-order valence-electron chi connectivity index (χ2n) is 6.26. The molecule has 2 rings (SSSR count). The summed E-state index contributed by atoms with van der Waals surface area (Å²) in [6.07, 6.45) is 8.30. The summed E-state index contributed by atoms with van der Waals surface area (Å²) in [6, 6.07) is 14.7. The number of nitrogens with zero attached hydrogens (tertiary/aromatic N) is 1. The average Bonchev–Trinajstić information content (AvgIpc) is 2.62. The fourth-order valence-corrected chi connectivity index (χ4v) is 2.99. The highest BCUT2D eigenvalue weighted by atomic mass is 16.1. The van der Waals surface area contributed by atoms with E-state index in [9.17, 15) is 4.79 Å². The molecular formula is C21H29N2O+. The first-order valence-corrected chi connectivity index (χ1v) is 9.02. The molecule has 0 aliphatic rings. The standard InChI is InChI=1S/C21H28N2O/c1-3-19(4-2)20-12-15-23(16-13-20)17-21(24)22-14-8-11-18-9-6-5-7-10-18/h5-7,9-10,12-13,15-16,19H,3-4,8,11,14,17H2,1-2H3/p+1. The van der Waals surface area contributed by atoms with Crippen LogP contribution in [-0.4, -0.2) is 12.5 Å². The van der Waals surface area contributed by atoms with Gasteiger partial charge in [0, 0.05) is 18.7 Å². The SMILES string of the molecule is CCC(CC)c1cc[n+](CC(=O)NCCCc2ccccc2)cc1. The molecule has 1 N–H and O–H groups in total. The number of aryl methyl sites for hydroxylation is 1. The van der Waals surface area contributed by atoms with Crippen LogP contribution in [0.2, 0.25) is 0 Å². The van der Waals surface area contributed by atoms with E-state index in [-0.39, 0.29) is 5.91 Å². The zero-order valence-corrected chi connectivity index (χ0v) is 14.9. The molecule has 0 fully saturated rings. The maximum absolute atomic E-state index is 12.0. The molecule has 1 aromatic heterocycles. The lowest BCUT2D eigenvalue weighted by Crippen LogP contribution is -2.42. The maximum Gasteiger partial charge on any atom is 0.285 e. The molecule has 24 heavy (non-hydrogen) atoms. The third kappa shape index (κ3) is 5.80. The van der Waals surface area contributed by atoms with Gasteiger partial charge in [-0.3, -0.25) is 4.79 Å². The van der Waals surface area contributed by atoms with Crippen LogP contribution in [0.5, 0.6) is 0 Å². The minimum Gasteiger partial charge on any atom is -0.351 e. The van der Waals surface area contributed by atoms with E-state index in [0.717, 1.165) is 32.2 Å². The van der Waals surface area contributed by atoms with Gasteiger partial charge in [-0.05, 0) is 42.7 Å². The smallest absolute Gasteiger partial charge is 0.285 e. The second kappa shape index (κ2) is 9.86. The van der Waals surface area contributed by atoms with E-state index in [2.05, 4.69) is 55.6 Å². The van der Waals surface area contributed by atoms with Gasteiger partial charge in [0.2, 0.25) is 6.54 Å². The zero-order chi connectivity index (χ0) is 17.2. The molecule has 1 aromatic carbocycles. The summed E-state index contributed by atoms with van der Waals surface area (Å²) in [5.74, 6) is 0.690. The van der Waals surface area contributed by atoms with E-state index in [1.165, 1.54) is 11.1 Å². The highest BCUT2D eigenvalue weighted by Gasteiger charge is 2.11. The molecule has 3 nitrogen and oxygen atoms in total. The first kappa shape index (κ1) is 18.2. The molecule has 0 aliphatic heterocycles. The third-order valence-corrected chi connectivity index (χ3v) is 4.51. The molecule has 0 atom stereocenters. The fourth-order valence-electron chi connectivity index (χ4n) is 2.99. The van der Waals surface area contributed by atoms with Crippen molar-refractivity contribution in [1.82, 2.24) is 5.32 Å². The summed E-state index contributed by atoms with van der Waals surface area (Å²) in [7, 11) is 0. The number of hydrogen-bond acceptors (Lipinski definition) is 1. The normalized spacial score (nSPS) is 10.8. The van der Waals surface area contributed by atoms with Gasteiger partial charge in [-0.25, -0.2) is 0 Å². The van der Waals surface area contributed by atoms with Crippen molar-refractivity contribution < 1.29 is 9.36 Å². The molecule has 0 bridgehead atoms. The van der Waals surface area contributed by atoms with Gasteiger partial charge in [0.25, 0.3) is 5.91 Å². The summed E-state index contributed by atoms with van der Waals surface area (Å²) in [6.45, 7) is 5.55. The van der Waals surface area contributed by atoms with Gasteiger partial charge in [-0.1, -0.05) is 44.2 Å². The highest BCUT2D eigenvalue weighted by Crippen LogP contribution is 2.21. The highest BCUT2D eigenvalue weighted by molar-refractivity contribution is 5.74. The largest absolute Gasteiger partial charge is 0.351 e. The molecule has 0 spiro atoms. The van der Waals surface area contributed by atoms with E-state index in [1.807, 2.05) is 23.0 Å². The van der Waals surface area contributed by atoms with Gasteiger partial charge in [0.15, 0.2) is 12.4 Å². The van der Waals surface area contributed by atoms with Crippen molar-refractivity contribution in [3.63, 3.8) is 0 Å². The van der Waals surface area contributed by atoms with Crippen LogP contribution in [0, 0.1) is 0 Å². The Morgan fingerprint density at radius 1 is 1.04 bits per heavy atom. The van der Waals surface area contributed by atoms with Crippen LogP contribution in [0.1, 0.15) is 50.2 Å². The van der Waals surface area contributed by atoms with Gasteiger partial charge in [-0.15, -0.1) is 0 Å².